The lowest BCUT2D eigenvalue weighted by Gasteiger charge is -2.37. The Bertz CT molecular complexity index is 846. The summed E-state index contributed by atoms with van der Waals surface area (Å²) in [5, 5.41) is 9.50. The molecule has 8 nitrogen and oxygen atoms in total. The number of aliphatic hydroxyl groups excluding tert-OH is 1. The average molecular weight is 505 g/mol. The number of allylic oxidation sites excluding steroid dienone is 1. The van der Waals surface area contributed by atoms with Crippen LogP contribution in [0.4, 0.5) is 0 Å². The van der Waals surface area contributed by atoms with E-state index in [0.717, 1.165) is 32.1 Å². The molecule has 3 unspecified atom stereocenters. The van der Waals surface area contributed by atoms with Gasteiger partial charge < -0.3 is 24.4 Å². The van der Waals surface area contributed by atoms with E-state index in [4.69, 9.17) is 9.47 Å². The van der Waals surface area contributed by atoms with Gasteiger partial charge >= 0.3 is 5.97 Å². The Labute approximate surface area is 215 Å². The minimum atomic E-state index is -1.09. The van der Waals surface area contributed by atoms with E-state index in [-0.39, 0.29) is 37.5 Å². The van der Waals surface area contributed by atoms with Crippen LogP contribution in [0.15, 0.2) is 25.3 Å². The summed E-state index contributed by atoms with van der Waals surface area (Å²) < 4.78 is 12.4. The molecule has 0 aromatic heterocycles. The highest BCUT2D eigenvalue weighted by atomic mass is 16.6. The molecule has 0 aliphatic carbocycles. The second kappa shape index (κ2) is 11.9. The number of hydrogen-bond donors (Lipinski definition) is 1. The zero-order valence-corrected chi connectivity index (χ0v) is 22.2. The lowest BCUT2D eigenvalue weighted by molar-refractivity contribution is -0.162. The molecule has 3 heterocycles. The summed E-state index contributed by atoms with van der Waals surface area (Å²) in [6, 6.07) is -0.840. The average Bonchev–Trinajstić information content (AvgIpc) is 3.36. The summed E-state index contributed by atoms with van der Waals surface area (Å²) >= 11 is 0. The number of aliphatic hydroxyl groups is 1. The van der Waals surface area contributed by atoms with Crippen molar-refractivity contribution in [1.82, 2.24) is 9.80 Å². The van der Waals surface area contributed by atoms with Gasteiger partial charge in [0.2, 0.25) is 11.8 Å². The molecule has 3 fully saturated rings. The van der Waals surface area contributed by atoms with Gasteiger partial charge in [0, 0.05) is 26.2 Å². The lowest BCUT2D eigenvalue weighted by atomic mass is 9.62. The van der Waals surface area contributed by atoms with Crippen LogP contribution in [-0.2, 0) is 23.9 Å². The first-order valence-electron chi connectivity index (χ1n) is 13.5. The zero-order chi connectivity index (χ0) is 26.5. The van der Waals surface area contributed by atoms with Gasteiger partial charge in [0.25, 0.3) is 0 Å². The van der Waals surface area contributed by atoms with Crippen LogP contribution in [0.2, 0.25) is 0 Å². The van der Waals surface area contributed by atoms with Crippen molar-refractivity contribution >= 4 is 17.8 Å². The molecule has 2 bridgehead atoms. The molecule has 2 amide bonds. The largest absolute Gasteiger partial charge is 0.465 e. The first-order chi connectivity index (χ1) is 17.2. The van der Waals surface area contributed by atoms with E-state index in [9.17, 15) is 19.5 Å². The molecule has 8 heteroatoms. The standard InChI is InChI=1S/C28H44N2O6/c1-6-9-11-12-18-35-26(34)22-21-24(32)30(16-13-17-31)23(25(33)29(14-8-3)15-10-7-2)28(21)19-20(4)27(22,5)36-28/h6,8,20-23,31H,1,3,7,9-19H2,2,4-5H3/t20?,21-,22-,23?,27+,28?/m0/s1. The molecule has 1 N–H and O–H groups in total. The van der Waals surface area contributed by atoms with Crippen LogP contribution in [0.3, 0.4) is 0 Å². The first-order valence-corrected chi connectivity index (χ1v) is 13.5. The van der Waals surface area contributed by atoms with Gasteiger partial charge in [0.05, 0.1) is 18.1 Å². The summed E-state index contributed by atoms with van der Waals surface area (Å²) in [6.45, 7) is 14.9. The van der Waals surface area contributed by atoms with Gasteiger partial charge in [0.1, 0.15) is 17.6 Å². The number of hydrogen-bond acceptors (Lipinski definition) is 6. The van der Waals surface area contributed by atoms with Crippen molar-refractivity contribution in [2.45, 2.75) is 83.0 Å². The minimum Gasteiger partial charge on any atom is -0.465 e. The molecule has 0 saturated carbocycles. The van der Waals surface area contributed by atoms with Gasteiger partial charge in [-0.3, -0.25) is 14.4 Å². The monoisotopic (exact) mass is 504 g/mol. The molecular formula is C28H44N2O6. The van der Waals surface area contributed by atoms with E-state index in [1.807, 2.05) is 19.9 Å². The number of nitrogens with zero attached hydrogens (tertiary/aromatic N) is 2. The highest BCUT2D eigenvalue weighted by Gasteiger charge is 2.80. The fraction of sp³-hybridized carbons (Fsp3) is 0.750. The van der Waals surface area contributed by atoms with Gasteiger partial charge in [0.15, 0.2) is 0 Å². The number of rotatable bonds is 15. The first kappa shape index (κ1) is 28.4. The van der Waals surface area contributed by atoms with Gasteiger partial charge in [-0.25, -0.2) is 0 Å². The normalized spacial score (nSPS) is 32.4. The molecule has 202 valence electrons. The van der Waals surface area contributed by atoms with Crippen LogP contribution < -0.4 is 0 Å². The molecule has 0 aromatic carbocycles. The third-order valence-electron chi connectivity index (χ3n) is 8.35. The van der Waals surface area contributed by atoms with Crippen molar-refractivity contribution in [2.24, 2.45) is 17.8 Å². The van der Waals surface area contributed by atoms with E-state index in [1.54, 1.807) is 15.9 Å². The van der Waals surface area contributed by atoms with E-state index >= 15 is 0 Å². The van der Waals surface area contributed by atoms with Crippen LogP contribution in [0.25, 0.3) is 0 Å². The fourth-order valence-corrected chi connectivity index (χ4v) is 6.48. The van der Waals surface area contributed by atoms with E-state index in [1.165, 1.54) is 0 Å². The lowest BCUT2D eigenvalue weighted by Crippen LogP contribution is -2.56. The molecule has 3 saturated heterocycles. The van der Waals surface area contributed by atoms with Crippen LogP contribution in [0.1, 0.15) is 65.7 Å². The topological polar surface area (TPSA) is 96.4 Å². The number of likely N-dealkylation sites (tertiary alicyclic amines) is 1. The van der Waals surface area contributed by atoms with Crippen molar-refractivity contribution < 1.29 is 29.0 Å². The summed E-state index contributed by atoms with van der Waals surface area (Å²) in [7, 11) is 0. The molecular weight excluding hydrogens is 460 g/mol. The highest BCUT2D eigenvalue weighted by Crippen LogP contribution is 2.65. The molecule has 3 aliphatic heterocycles. The third-order valence-corrected chi connectivity index (χ3v) is 8.35. The molecule has 3 rings (SSSR count). The SMILES string of the molecule is C=CCCCCOC(=O)[C@@H]1[C@H]2C(=O)N(CCCO)C(C(=O)N(CC=C)CCCC)C23CC(C)[C@@]1(C)O3. The maximum atomic E-state index is 14.1. The molecule has 3 aliphatic rings. The van der Waals surface area contributed by atoms with Gasteiger partial charge in [-0.05, 0) is 51.4 Å². The predicted octanol–water partition coefficient (Wildman–Crippen LogP) is 3.09. The maximum absolute atomic E-state index is 14.1. The van der Waals surface area contributed by atoms with Gasteiger partial charge in [-0.15, -0.1) is 13.2 Å². The van der Waals surface area contributed by atoms with Crippen LogP contribution in [0.5, 0.6) is 0 Å². The van der Waals surface area contributed by atoms with E-state index in [2.05, 4.69) is 20.1 Å². The summed E-state index contributed by atoms with van der Waals surface area (Å²) in [6.07, 6.45) is 8.61. The smallest absolute Gasteiger partial charge is 0.312 e. The van der Waals surface area contributed by atoms with Crippen LogP contribution in [-0.4, -0.2) is 82.8 Å². The fourth-order valence-electron chi connectivity index (χ4n) is 6.48. The molecule has 0 radical (unpaired) electrons. The van der Waals surface area contributed by atoms with E-state index in [0.29, 0.717) is 25.9 Å². The van der Waals surface area contributed by atoms with Gasteiger partial charge in [-0.2, -0.15) is 0 Å². The number of unbranched alkanes of at least 4 members (excludes halogenated alkanes) is 3. The Balaban J connectivity index is 1.96. The molecule has 6 atom stereocenters. The van der Waals surface area contributed by atoms with Crippen molar-refractivity contribution in [3.8, 4) is 0 Å². The summed E-state index contributed by atoms with van der Waals surface area (Å²) in [4.78, 5) is 44.7. The maximum Gasteiger partial charge on any atom is 0.312 e. The number of fused-ring (bicyclic) bond motifs is 1. The highest BCUT2D eigenvalue weighted by molar-refractivity contribution is 5.98. The number of amides is 2. The third kappa shape index (κ3) is 4.86. The Kier molecular flexibility index (Phi) is 9.39. The van der Waals surface area contributed by atoms with E-state index < -0.39 is 35.0 Å². The Hall–Kier alpha value is -2.19. The van der Waals surface area contributed by atoms with Crippen molar-refractivity contribution in [1.29, 1.82) is 0 Å². The Morgan fingerprint density at radius 3 is 2.64 bits per heavy atom. The number of ether oxygens (including phenoxy) is 2. The minimum absolute atomic E-state index is 0.0311. The van der Waals surface area contributed by atoms with Gasteiger partial charge in [-0.1, -0.05) is 32.4 Å². The van der Waals surface area contributed by atoms with Crippen LogP contribution in [0, 0.1) is 17.8 Å². The molecule has 36 heavy (non-hydrogen) atoms. The zero-order valence-electron chi connectivity index (χ0n) is 22.2. The Morgan fingerprint density at radius 1 is 1.25 bits per heavy atom. The number of carbonyl (C=O) groups is 3. The quantitative estimate of drug-likeness (QED) is 0.209. The summed E-state index contributed by atoms with van der Waals surface area (Å²) in [5.41, 5.74) is -1.97. The number of esters is 1. The molecule has 1 spiro atoms. The second-order valence-corrected chi connectivity index (χ2v) is 10.7. The van der Waals surface area contributed by atoms with Crippen molar-refractivity contribution in [3.05, 3.63) is 25.3 Å². The van der Waals surface area contributed by atoms with Crippen LogP contribution >= 0.6 is 0 Å². The van der Waals surface area contributed by atoms with Crippen molar-refractivity contribution in [2.75, 3.05) is 32.8 Å². The Morgan fingerprint density at radius 2 is 2.00 bits per heavy atom. The summed E-state index contributed by atoms with van der Waals surface area (Å²) in [5.74, 6) is -2.43. The predicted molar refractivity (Wildman–Crippen MR) is 137 cm³/mol. The number of carbonyl (C=O) groups excluding carboxylic acids is 3. The molecule has 0 aromatic rings. The second-order valence-electron chi connectivity index (χ2n) is 10.7. The van der Waals surface area contributed by atoms with Crippen molar-refractivity contribution in [3.63, 3.8) is 0 Å².